The molecular weight excluding hydrogens is 398 g/mol. The number of aromatic nitrogens is 1. The molecule has 0 saturated carbocycles. The van der Waals surface area contributed by atoms with E-state index in [1.54, 1.807) is 12.1 Å². The summed E-state index contributed by atoms with van der Waals surface area (Å²) in [5.74, 6) is -0.523. The third-order valence-corrected chi connectivity index (χ3v) is 5.45. The van der Waals surface area contributed by atoms with Crippen LogP contribution in [0.3, 0.4) is 0 Å². The molecule has 0 unspecified atom stereocenters. The van der Waals surface area contributed by atoms with E-state index in [4.69, 9.17) is 4.74 Å². The molecule has 0 atom stereocenters. The Morgan fingerprint density at radius 2 is 1.83 bits per heavy atom. The molecule has 7 heteroatoms. The normalized spacial score (nSPS) is 10.5. The first-order valence-electron chi connectivity index (χ1n) is 9.56. The minimum atomic E-state index is -0.400. The van der Waals surface area contributed by atoms with Crippen molar-refractivity contribution in [2.75, 3.05) is 24.3 Å². The summed E-state index contributed by atoms with van der Waals surface area (Å²) in [4.78, 5) is 30.9. The molecule has 0 fully saturated rings. The lowest BCUT2D eigenvalue weighted by atomic mass is 10.1. The van der Waals surface area contributed by atoms with Crippen LogP contribution in [-0.2, 0) is 22.6 Å². The Morgan fingerprint density at radius 3 is 2.53 bits per heavy atom. The molecule has 6 nitrogen and oxygen atoms in total. The first-order chi connectivity index (χ1) is 14.3. The number of nitrogens with one attached hydrogen (secondary N) is 1. The Balaban J connectivity index is 1.52. The number of benzene rings is 2. The number of hydrogen-bond acceptors (Lipinski definition) is 6. The topological polar surface area (TPSA) is 71.5 Å². The Hall–Kier alpha value is -3.19. The maximum atomic E-state index is 12.3. The highest BCUT2D eigenvalue weighted by atomic mass is 32.1. The molecule has 0 aliphatic rings. The Kier molecular flexibility index (Phi) is 6.84. The van der Waals surface area contributed by atoms with E-state index in [0.717, 1.165) is 22.5 Å². The number of ether oxygens (including phenoxy) is 1. The largest absolute Gasteiger partial charge is 0.456 e. The van der Waals surface area contributed by atoms with Crippen molar-refractivity contribution in [3.63, 3.8) is 0 Å². The molecule has 0 saturated heterocycles. The highest BCUT2D eigenvalue weighted by Gasteiger charge is 2.12. The van der Waals surface area contributed by atoms with Gasteiger partial charge in [0.25, 0.3) is 0 Å². The Bertz CT molecular complexity index is 1040. The number of carbonyl (C=O) groups excluding carboxylic acids is 2. The monoisotopic (exact) mass is 423 g/mol. The van der Waals surface area contributed by atoms with Crippen molar-refractivity contribution in [2.24, 2.45) is 0 Å². The van der Waals surface area contributed by atoms with Crippen molar-refractivity contribution < 1.29 is 14.3 Å². The second kappa shape index (κ2) is 9.54. The van der Waals surface area contributed by atoms with E-state index in [9.17, 15) is 9.59 Å². The summed E-state index contributed by atoms with van der Waals surface area (Å²) in [6.45, 7) is 4.02. The number of aryl methyl sites for hydroxylation is 2. The molecule has 0 radical (unpaired) electrons. The minimum Gasteiger partial charge on any atom is -0.456 e. The zero-order chi connectivity index (χ0) is 21.7. The van der Waals surface area contributed by atoms with Crippen LogP contribution in [0.2, 0.25) is 0 Å². The van der Waals surface area contributed by atoms with Gasteiger partial charge in [-0.15, -0.1) is 11.3 Å². The van der Waals surface area contributed by atoms with Crippen LogP contribution in [0, 0.1) is 13.8 Å². The van der Waals surface area contributed by atoms with E-state index >= 15 is 0 Å². The predicted molar refractivity (Wildman–Crippen MR) is 120 cm³/mol. The maximum Gasteiger partial charge on any atom is 0.338 e. The van der Waals surface area contributed by atoms with Gasteiger partial charge in [0.2, 0.25) is 5.91 Å². The highest BCUT2D eigenvalue weighted by Crippen LogP contribution is 2.18. The molecule has 2 aromatic carbocycles. The summed E-state index contributed by atoms with van der Waals surface area (Å²) >= 11 is 1.38. The average molecular weight is 424 g/mol. The van der Waals surface area contributed by atoms with Gasteiger partial charge in [0.05, 0.1) is 17.7 Å². The van der Waals surface area contributed by atoms with Crippen molar-refractivity contribution >= 4 is 34.6 Å². The van der Waals surface area contributed by atoms with Gasteiger partial charge in [0.1, 0.15) is 11.6 Å². The first kappa shape index (κ1) is 21.5. The number of amides is 1. The highest BCUT2D eigenvalue weighted by molar-refractivity contribution is 7.09. The SMILES string of the molecule is Cc1ccc(C)c(NC(=O)Cc2nc(COC(=O)c3ccc(N(C)C)cc3)cs2)c1. The third-order valence-electron chi connectivity index (χ3n) is 4.55. The van der Waals surface area contributed by atoms with Crippen molar-refractivity contribution in [3.05, 3.63) is 75.2 Å². The summed E-state index contributed by atoms with van der Waals surface area (Å²) in [7, 11) is 3.88. The summed E-state index contributed by atoms with van der Waals surface area (Å²) in [6.07, 6.45) is 0.179. The summed E-state index contributed by atoms with van der Waals surface area (Å²) < 4.78 is 5.35. The average Bonchev–Trinajstić information content (AvgIpc) is 3.16. The van der Waals surface area contributed by atoms with E-state index in [2.05, 4.69) is 10.3 Å². The van der Waals surface area contributed by atoms with Crippen LogP contribution in [0.25, 0.3) is 0 Å². The van der Waals surface area contributed by atoms with E-state index in [0.29, 0.717) is 16.3 Å². The second-order valence-electron chi connectivity index (χ2n) is 7.29. The fourth-order valence-corrected chi connectivity index (χ4v) is 3.59. The lowest BCUT2D eigenvalue weighted by molar-refractivity contribution is -0.115. The number of nitrogens with zero attached hydrogens (tertiary/aromatic N) is 2. The molecule has 1 aromatic heterocycles. The van der Waals surface area contributed by atoms with E-state index in [1.165, 1.54) is 11.3 Å². The third kappa shape index (κ3) is 5.67. The van der Waals surface area contributed by atoms with Crippen LogP contribution in [0.4, 0.5) is 11.4 Å². The fourth-order valence-electron chi connectivity index (χ4n) is 2.82. The molecule has 0 spiro atoms. The minimum absolute atomic E-state index is 0.0728. The van der Waals surface area contributed by atoms with Crippen LogP contribution in [0.5, 0.6) is 0 Å². The van der Waals surface area contributed by atoms with Crippen LogP contribution in [0.15, 0.2) is 47.8 Å². The van der Waals surface area contributed by atoms with E-state index in [-0.39, 0.29) is 18.9 Å². The molecule has 3 rings (SSSR count). The van der Waals surface area contributed by atoms with Gasteiger partial charge in [-0.1, -0.05) is 12.1 Å². The molecule has 0 bridgehead atoms. The number of thiazole rings is 1. The van der Waals surface area contributed by atoms with E-state index < -0.39 is 5.97 Å². The van der Waals surface area contributed by atoms with E-state index in [1.807, 2.05) is 68.6 Å². The van der Waals surface area contributed by atoms with Gasteiger partial charge < -0.3 is 15.0 Å². The molecule has 0 aliphatic carbocycles. The molecule has 1 N–H and O–H groups in total. The van der Waals surface area contributed by atoms with Crippen molar-refractivity contribution in [1.82, 2.24) is 4.98 Å². The lowest BCUT2D eigenvalue weighted by Gasteiger charge is -2.12. The van der Waals surface area contributed by atoms with Crippen molar-refractivity contribution in [1.29, 1.82) is 0 Å². The summed E-state index contributed by atoms with van der Waals surface area (Å²) in [5, 5.41) is 5.42. The predicted octanol–water partition coefficient (Wildman–Crippen LogP) is 4.36. The molecule has 156 valence electrons. The van der Waals surface area contributed by atoms with Crippen molar-refractivity contribution in [2.45, 2.75) is 26.9 Å². The molecule has 1 heterocycles. The van der Waals surface area contributed by atoms with Gasteiger partial charge in [-0.25, -0.2) is 9.78 Å². The van der Waals surface area contributed by atoms with Gasteiger partial charge >= 0.3 is 5.97 Å². The van der Waals surface area contributed by atoms with Gasteiger partial charge in [0.15, 0.2) is 0 Å². The number of carbonyl (C=O) groups is 2. The Morgan fingerprint density at radius 1 is 1.10 bits per heavy atom. The van der Waals surface area contributed by atoms with Crippen molar-refractivity contribution in [3.8, 4) is 0 Å². The van der Waals surface area contributed by atoms with Crippen LogP contribution >= 0.6 is 11.3 Å². The summed E-state index contributed by atoms with van der Waals surface area (Å²) in [5.41, 5.74) is 5.04. The standard InChI is InChI=1S/C23H25N3O3S/c1-15-5-6-16(2)20(11-15)25-21(27)12-22-24-18(14-30-22)13-29-23(28)17-7-9-19(10-8-17)26(3)4/h5-11,14H,12-13H2,1-4H3,(H,25,27). The van der Waals surface area contributed by atoms with Gasteiger partial charge in [-0.2, -0.15) is 0 Å². The maximum absolute atomic E-state index is 12.3. The van der Waals surface area contributed by atoms with Crippen LogP contribution in [-0.4, -0.2) is 31.0 Å². The number of rotatable bonds is 7. The number of esters is 1. The van der Waals surface area contributed by atoms with Gasteiger partial charge in [0, 0.05) is 30.9 Å². The Labute approximate surface area is 180 Å². The van der Waals surface area contributed by atoms with Crippen LogP contribution in [0.1, 0.15) is 32.2 Å². The fraction of sp³-hybridized carbons (Fsp3) is 0.261. The smallest absolute Gasteiger partial charge is 0.338 e. The quantitative estimate of drug-likeness (QED) is 0.572. The first-order valence-corrected chi connectivity index (χ1v) is 10.4. The molecule has 1 amide bonds. The van der Waals surface area contributed by atoms with Crippen LogP contribution < -0.4 is 10.2 Å². The molecular formula is C23H25N3O3S. The van der Waals surface area contributed by atoms with Gasteiger partial charge in [-0.3, -0.25) is 4.79 Å². The summed E-state index contributed by atoms with van der Waals surface area (Å²) in [6, 6.07) is 13.2. The molecule has 3 aromatic rings. The second-order valence-corrected chi connectivity index (χ2v) is 8.24. The zero-order valence-electron chi connectivity index (χ0n) is 17.6. The molecule has 0 aliphatic heterocycles. The number of anilines is 2. The van der Waals surface area contributed by atoms with Gasteiger partial charge in [-0.05, 0) is 55.3 Å². The molecule has 30 heavy (non-hydrogen) atoms. The zero-order valence-corrected chi connectivity index (χ0v) is 18.4. The number of hydrogen-bond donors (Lipinski definition) is 1. The lowest BCUT2D eigenvalue weighted by Crippen LogP contribution is -2.15.